The van der Waals surface area contributed by atoms with Gasteiger partial charge in [-0.1, -0.05) is 6.92 Å². The molecular weight excluding hydrogens is 301 g/mol. The minimum atomic E-state index is -4.04. The fourth-order valence-electron chi connectivity index (χ4n) is 1.78. The van der Waals surface area contributed by atoms with E-state index in [1.807, 2.05) is 0 Å². The molecule has 118 valence electrons. The van der Waals surface area contributed by atoms with E-state index >= 15 is 0 Å². The van der Waals surface area contributed by atoms with Crippen molar-refractivity contribution >= 4 is 16.0 Å². The molecule has 0 spiro atoms. The molecule has 0 fully saturated rings. The Labute approximate surface area is 123 Å². The number of sulfonamides is 1. The van der Waals surface area contributed by atoms with Crippen LogP contribution < -0.4 is 4.72 Å². The van der Waals surface area contributed by atoms with Gasteiger partial charge in [0.1, 0.15) is 5.82 Å². The molecule has 0 radical (unpaired) electrons. The Bertz CT molecular complexity index is 630. The zero-order chi connectivity index (χ0) is 16.2. The van der Waals surface area contributed by atoms with Crippen LogP contribution in [0.2, 0.25) is 0 Å². The van der Waals surface area contributed by atoms with E-state index in [1.165, 1.54) is 14.0 Å². The molecule has 8 heteroatoms. The molecule has 2 N–H and O–H groups in total. The lowest BCUT2D eigenvalue weighted by atomic mass is 10.1. The van der Waals surface area contributed by atoms with E-state index in [4.69, 9.17) is 9.84 Å². The number of carbonyl (C=O) groups is 1. The maximum Gasteiger partial charge on any atom is 0.335 e. The van der Waals surface area contributed by atoms with Crippen LogP contribution in [0.1, 0.15) is 29.3 Å². The molecule has 1 rings (SSSR count). The second-order valence-corrected chi connectivity index (χ2v) is 6.25. The first-order valence-electron chi connectivity index (χ1n) is 6.27. The number of hydrogen-bond acceptors (Lipinski definition) is 4. The first kappa shape index (κ1) is 17.5. The Balaban J connectivity index is 3.27. The Morgan fingerprint density at radius 1 is 1.48 bits per heavy atom. The number of carboxylic acids is 1. The van der Waals surface area contributed by atoms with Crippen molar-refractivity contribution in [3.63, 3.8) is 0 Å². The van der Waals surface area contributed by atoms with E-state index in [2.05, 4.69) is 4.72 Å². The van der Waals surface area contributed by atoms with Crippen molar-refractivity contribution in [3.05, 3.63) is 29.1 Å². The number of rotatable bonds is 7. The minimum absolute atomic E-state index is 0.125. The summed E-state index contributed by atoms with van der Waals surface area (Å²) in [7, 11) is -2.60. The quantitative estimate of drug-likeness (QED) is 0.795. The minimum Gasteiger partial charge on any atom is -0.478 e. The lowest BCUT2D eigenvalue weighted by Crippen LogP contribution is -2.37. The molecule has 0 aliphatic rings. The summed E-state index contributed by atoms with van der Waals surface area (Å²) in [5.74, 6) is -2.27. The maximum absolute atomic E-state index is 13.7. The van der Waals surface area contributed by atoms with Crippen LogP contribution in [-0.2, 0) is 14.8 Å². The topological polar surface area (TPSA) is 92.7 Å². The van der Waals surface area contributed by atoms with Gasteiger partial charge in [0, 0.05) is 18.7 Å². The fraction of sp³-hybridized carbons (Fsp3) is 0.462. The maximum atomic E-state index is 13.7. The Kier molecular flexibility index (Phi) is 5.82. The molecule has 21 heavy (non-hydrogen) atoms. The molecule has 1 aromatic rings. The van der Waals surface area contributed by atoms with E-state index in [1.54, 1.807) is 6.92 Å². The van der Waals surface area contributed by atoms with Crippen LogP contribution in [-0.4, -0.2) is 39.3 Å². The molecule has 1 atom stereocenters. The monoisotopic (exact) mass is 319 g/mol. The number of hydrogen-bond donors (Lipinski definition) is 2. The SMILES string of the molecule is CCC(COC)NS(=O)(=O)c1cc(C(=O)O)cc(F)c1C. The Hall–Kier alpha value is -1.51. The lowest BCUT2D eigenvalue weighted by molar-refractivity contribution is 0.0696. The fourth-order valence-corrected chi connectivity index (χ4v) is 3.36. The highest BCUT2D eigenvalue weighted by atomic mass is 32.2. The van der Waals surface area contributed by atoms with Crippen molar-refractivity contribution in [2.45, 2.75) is 31.2 Å². The molecule has 0 heterocycles. The number of halogens is 1. The summed E-state index contributed by atoms with van der Waals surface area (Å²) in [4.78, 5) is 10.5. The summed E-state index contributed by atoms with van der Waals surface area (Å²) in [6.07, 6.45) is 0.479. The molecule has 0 aliphatic heterocycles. The van der Waals surface area contributed by atoms with Crippen LogP contribution in [0.25, 0.3) is 0 Å². The second kappa shape index (κ2) is 6.97. The zero-order valence-corrected chi connectivity index (χ0v) is 12.8. The predicted octanol–water partition coefficient (Wildman–Crippen LogP) is 1.54. The standard InChI is InChI=1S/C13H18FNO5S/c1-4-10(7-20-3)15-21(18,19)12-6-9(13(16)17)5-11(14)8(12)2/h5-6,10,15H,4,7H2,1-3H3,(H,16,17). The van der Waals surface area contributed by atoms with Gasteiger partial charge in [-0.15, -0.1) is 0 Å². The van der Waals surface area contributed by atoms with Gasteiger partial charge in [-0.2, -0.15) is 0 Å². The normalized spacial score (nSPS) is 13.1. The molecule has 0 saturated heterocycles. The van der Waals surface area contributed by atoms with Gasteiger partial charge in [-0.3, -0.25) is 0 Å². The highest BCUT2D eigenvalue weighted by Gasteiger charge is 2.24. The zero-order valence-electron chi connectivity index (χ0n) is 12.0. The summed E-state index contributed by atoms with van der Waals surface area (Å²) < 4.78 is 45.6. The smallest absolute Gasteiger partial charge is 0.335 e. The van der Waals surface area contributed by atoms with Crippen LogP contribution in [0.3, 0.4) is 0 Å². The average Bonchev–Trinajstić information content (AvgIpc) is 2.40. The third kappa shape index (κ3) is 4.23. The van der Waals surface area contributed by atoms with Crippen molar-refractivity contribution in [2.75, 3.05) is 13.7 Å². The van der Waals surface area contributed by atoms with Crippen LogP contribution in [0.5, 0.6) is 0 Å². The number of carboxylic acid groups (broad SMARTS) is 1. The number of benzene rings is 1. The van der Waals surface area contributed by atoms with Gasteiger partial charge in [0.15, 0.2) is 0 Å². The highest BCUT2D eigenvalue weighted by Crippen LogP contribution is 2.21. The molecule has 0 aliphatic carbocycles. The second-order valence-electron chi connectivity index (χ2n) is 4.57. The lowest BCUT2D eigenvalue weighted by Gasteiger charge is -2.17. The van der Waals surface area contributed by atoms with Crippen LogP contribution in [0, 0.1) is 12.7 Å². The first-order valence-corrected chi connectivity index (χ1v) is 7.76. The number of aromatic carboxylic acids is 1. The third-order valence-electron chi connectivity index (χ3n) is 3.02. The number of ether oxygens (including phenoxy) is 1. The average molecular weight is 319 g/mol. The molecular formula is C13H18FNO5S. The van der Waals surface area contributed by atoms with Gasteiger partial charge in [0.25, 0.3) is 0 Å². The first-order chi connectivity index (χ1) is 9.72. The van der Waals surface area contributed by atoms with Gasteiger partial charge in [-0.05, 0) is 25.5 Å². The predicted molar refractivity (Wildman–Crippen MR) is 74.4 cm³/mol. The summed E-state index contributed by atoms with van der Waals surface area (Å²) in [5.41, 5.74) is -0.543. The van der Waals surface area contributed by atoms with Crippen LogP contribution in [0.4, 0.5) is 4.39 Å². The van der Waals surface area contributed by atoms with Crippen LogP contribution in [0.15, 0.2) is 17.0 Å². The van der Waals surface area contributed by atoms with Gasteiger partial charge in [0.2, 0.25) is 10.0 Å². The van der Waals surface area contributed by atoms with Gasteiger partial charge >= 0.3 is 5.97 Å². The largest absolute Gasteiger partial charge is 0.478 e. The van der Waals surface area contributed by atoms with Crippen molar-refractivity contribution in [1.82, 2.24) is 4.72 Å². The molecule has 1 unspecified atom stereocenters. The molecule has 0 bridgehead atoms. The molecule has 0 amide bonds. The number of methoxy groups -OCH3 is 1. The van der Waals surface area contributed by atoms with Gasteiger partial charge in [0.05, 0.1) is 17.1 Å². The third-order valence-corrected chi connectivity index (χ3v) is 4.66. The van der Waals surface area contributed by atoms with Crippen molar-refractivity contribution in [1.29, 1.82) is 0 Å². The van der Waals surface area contributed by atoms with E-state index in [0.29, 0.717) is 6.42 Å². The van der Waals surface area contributed by atoms with Crippen LogP contribution >= 0.6 is 0 Å². The number of nitrogens with one attached hydrogen (secondary N) is 1. The summed E-state index contributed by atoms with van der Waals surface area (Å²) in [6.45, 7) is 3.22. The van der Waals surface area contributed by atoms with E-state index in [0.717, 1.165) is 12.1 Å². The molecule has 6 nitrogen and oxygen atoms in total. The van der Waals surface area contributed by atoms with Gasteiger partial charge in [-0.25, -0.2) is 22.3 Å². The van der Waals surface area contributed by atoms with E-state index in [-0.39, 0.29) is 17.1 Å². The van der Waals surface area contributed by atoms with Crippen molar-refractivity contribution in [3.8, 4) is 0 Å². The molecule has 0 saturated carbocycles. The van der Waals surface area contributed by atoms with Gasteiger partial charge < -0.3 is 9.84 Å². The summed E-state index contributed by atoms with van der Waals surface area (Å²) >= 11 is 0. The molecule has 1 aromatic carbocycles. The van der Waals surface area contributed by atoms with Crippen molar-refractivity contribution in [2.24, 2.45) is 0 Å². The molecule has 0 aromatic heterocycles. The summed E-state index contributed by atoms with van der Waals surface area (Å²) in [5, 5.41) is 8.90. The van der Waals surface area contributed by atoms with E-state index < -0.39 is 33.4 Å². The Morgan fingerprint density at radius 3 is 2.57 bits per heavy atom. The Morgan fingerprint density at radius 2 is 2.10 bits per heavy atom. The van der Waals surface area contributed by atoms with E-state index in [9.17, 15) is 17.6 Å². The summed E-state index contributed by atoms with van der Waals surface area (Å²) in [6, 6.07) is 1.27. The van der Waals surface area contributed by atoms with Crippen molar-refractivity contribution < 1.29 is 27.4 Å². The highest BCUT2D eigenvalue weighted by molar-refractivity contribution is 7.89.